The summed E-state index contributed by atoms with van der Waals surface area (Å²) in [6.07, 6.45) is 6.99. The first-order valence-corrected chi connectivity index (χ1v) is 10.4. The predicted molar refractivity (Wildman–Crippen MR) is 101 cm³/mol. The van der Waals surface area contributed by atoms with E-state index in [1.807, 2.05) is 0 Å². The van der Waals surface area contributed by atoms with Crippen molar-refractivity contribution in [1.29, 1.82) is 0 Å². The minimum atomic E-state index is -0.390. The molecule has 5 nitrogen and oxygen atoms in total. The molecule has 3 saturated carbocycles. The molecule has 144 valence electrons. The Morgan fingerprint density at radius 1 is 0.964 bits per heavy atom. The van der Waals surface area contributed by atoms with E-state index >= 15 is 0 Å². The lowest BCUT2D eigenvalue weighted by molar-refractivity contribution is -0.123. The van der Waals surface area contributed by atoms with E-state index in [0.29, 0.717) is 53.4 Å². The number of nitrogens with zero attached hydrogens (tertiary/aromatic N) is 1. The van der Waals surface area contributed by atoms with E-state index < -0.39 is 0 Å². The van der Waals surface area contributed by atoms with Gasteiger partial charge in [-0.3, -0.25) is 14.5 Å². The van der Waals surface area contributed by atoms with Crippen LogP contribution in [0.5, 0.6) is 0 Å². The zero-order valence-electron chi connectivity index (χ0n) is 15.8. The standard InChI is InChI=1S/C23H23NO4/c1-2-28-23(27)11-5-7-14(8-6-11)24-21(25)19-15-10-16(20(19)22(24)26)18-13-4-3-12(9-13)17(15)18/h3-8,12-13,15-20H,2,9-10H2,1H3. The minimum Gasteiger partial charge on any atom is -0.462 e. The van der Waals surface area contributed by atoms with Gasteiger partial charge in [-0.1, -0.05) is 12.2 Å². The van der Waals surface area contributed by atoms with Crippen molar-refractivity contribution in [3.63, 3.8) is 0 Å². The van der Waals surface area contributed by atoms with E-state index in [0.717, 1.165) is 6.42 Å². The van der Waals surface area contributed by atoms with Crippen LogP contribution in [0.2, 0.25) is 0 Å². The number of carbonyl (C=O) groups excluding carboxylic acids is 3. The lowest BCUT2D eigenvalue weighted by atomic mass is 9.65. The summed E-state index contributed by atoms with van der Waals surface area (Å²) in [5.41, 5.74) is 1.00. The normalized spacial score (nSPS) is 41.7. The minimum absolute atomic E-state index is 0.0309. The number of esters is 1. The highest BCUT2D eigenvalue weighted by atomic mass is 16.5. The molecule has 8 unspecified atom stereocenters. The van der Waals surface area contributed by atoms with Crippen LogP contribution in [0.1, 0.15) is 30.1 Å². The van der Waals surface area contributed by atoms with Gasteiger partial charge in [0.05, 0.1) is 29.7 Å². The largest absolute Gasteiger partial charge is 0.462 e. The summed E-state index contributed by atoms with van der Waals surface area (Å²) in [5, 5.41) is 0. The molecular weight excluding hydrogens is 354 g/mol. The summed E-state index contributed by atoms with van der Waals surface area (Å²) in [6.45, 7) is 2.08. The third-order valence-electron chi connectivity index (χ3n) is 8.07. The van der Waals surface area contributed by atoms with Crippen LogP contribution < -0.4 is 4.90 Å². The first-order chi connectivity index (χ1) is 13.6. The molecule has 4 aliphatic carbocycles. The summed E-state index contributed by atoms with van der Waals surface area (Å²) in [5.74, 6) is 2.42. The van der Waals surface area contributed by atoms with Crippen LogP contribution in [-0.4, -0.2) is 24.4 Å². The maximum Gasteiger partial charge on any atom is 0.338 e. The van der Waals surface area contributed by atoms with E-state index in [4.69, 9.17) is 4.74 Å². The van der Waals surface area contributed by atoms with E-state index in [2.05, 4.69) is 12.2 Å². The van der Waals surface area contributed by atoms with Gasteiger partial charge in [0.25, 0.3) is 0 Å². The van der Waals surface area contributed by atoms with Crippen molar-refractivity contribution < 1.29 is 19.1 Å². The molecule has 1 heterocycles. The molecule has 4 bridgehead atoms. The number of rotatable bonds is 3. The number of amides is 2. The van der Waals surface area contributed by atoms with Crippen LogP contribution in [0.4, 0.5) is 5.69 Å². The maximum absolute atomic E-state index is 13.3. The van der Waals surface area contributed by atoms with Crippen LogP contribution in [-0.2, 0) is 14.3 Å². The first kappa shape index (κ1) is 16.5. The van der Waals surface area contributed by atoms with Crippen molar-refractivity contribution in [2.45, 2.75) is 19.8 Å². The molecule has 5 heteroatoms. The van der Waals surface area contributed by atoms with Gasteiger partial charge in [-0.25, -0.2) is 4.79 Å². The van der Waals surface area contributed by atoms with Gasteiger partial charge < -0.3 is 4.74 Å². The van der Waals surface area contributed by atoms with Crippen LogP contribution >= 0.6 is 0 Å². The van der Waals surface area contributed by atoms with E-state index in [9.17, 15) is 14.4 Å². The Bertz CT molecular complexity index is 877. The molecule has 6 rings (SSSR count). The SMILES string of the molecule is CCOC(=O)c1ccc(N2C(=O)C3C4CC(C3C2=O)C2C3C=CC(C3)C42)cc1. The number of hydrogen-bond donors (Lipinski definition) is 0. The number of ether oxygens (including phenoxy) is 1. The lowest BCUT2D eigenvalue weighted by Gasteiger charge is -2.36. The van der Waals surface area contributed by atoms with Crippen LogP contribution in [0.25, 0.3) is 0 Å². The second-order valence-electron chi connectivity index (χ2n) is 9.00. The Morgan fingerprint density at radius 2 is 1.54 bits per heavy atom. The molecule has 0 aromatic heterocycles. The van der Waals surface area contributed by atoms with Crippen molar-refractivity contribution in [2.75, 3.05) is 11.5 Å². The smallest absolute Gasteiger partial charge is 0.338 e. The highest BCUT2D eigenvalue weighted by molar-refractivity contribution is 6.22. The Labute approximate surface area is 163 Å². The number of fused-ring (bicyclic) bond motifs is 12. The molecule has 1 aromatic carbocycles. The summed E-state index contributed by atoms with van der Waals surface area (Å²) >= 11 is 0. The fourth-order valence-electron chi connectivity index (χ4n) is 7.33. The van der Waals surface area contributed by atoms with Gasteiger partial charge in [0.1, 0.15) is 0 Å². The van der Waals surface area contributed by atoms with Crippen molar-refractivity contribution in [3.8, 4) is 0 Å². The zero-order chi connectivity index (χ0) is 19.2. The second kappa shape index (κ2) is 5.56. The van der Waals surface area contributed by atoms with Gasteiger partial charge in [-0.2, -0.15) is 0 Å². The predicted octanol–water partition coefficient (Wildman–Crippen LogP) is 3.06. The third-order valence-corrected chi connectivity index (χ3v) is 8.07. The number of carbonyl (C=O) groups is 3. The molecule has 2 amide bonds. The maximum atomic E-state index is 13.3. The number of anilines is 1. The number of benzene rings is 1. The number of imide groups is 1. The van der Waals surface area contributed by atoms with E-state index in [1.54, 1.807) is 31.2 Å². The molecule has 0 spiro atoms. The summed E-state index contributed by atoms with van der Waals surface area (Å²) in [7, 11) is 0. The van der Waals surface area contributed by atoms with Gasteiger partial charge in [0, 0.05) is 0 Å². The van der Waals surface area contributed by atoms with E-state index in [-0.39, 0.29) is 29.6 Å². The zero-order valence-corrected chi connectivity index (χ0v) is 15.8. The Hall–Kier alpha value is -2.43. The van der Waals surface area contributed by atoms with Crippen molar-refractivity contribution in [1.82, 2.24) is 0 Å². The van der Waals surface area contributed by atoms with Crippen LogP contribution in [0.3, 0.4) is 0 Å². The average Bonchev–Trinajstić information content (AvgIpc) is 3.48. The summed E-state index contributed by atoms with van der Waals surface area (Å²) < 4.78 is 5.01. The summed E-state index contributed by atoms with van der Waals surface area (Å²) in [6, 6.07) is 6.65. The van der Waals surface area contributed by atoms with Gasteiger partial charge in [0.15, 0.2) is 0 Å². The molecule has 8 atom stereocenters. The van der Waals surface area contributed by atoms with Crippen molar-refractivity contribution >= 4 is 23.5 Å². The topological polar surface area (TPSA) is 63.7 Å². The Balaban J connectivity index is 1.30. The lowest BCUT2D eigenvalue weighted by Crippen LogP contribution is -2.38. The second-order valence-corrected chi connectivity index (χ2v) is 9.00. The van der Waals surface area contributed by atoms with E-state index in [1.165, 1.54) is 11.3 Å². The fourth-order valence-corrected chi connectivity index (χ4v) is 7.33. The van der Waals surface area contributed by atoms with Gasteiger partial charge in [0.2, 0.25) is 11.8 Å². The molecule has 4 fully saturated rings. The quantitative estimate of drug-likeness (QED) is 0.352. The van der Waals surface area contributed by atoms with Crippen molar-refractivity contribution in [2.24, 2.45) is 47.3 Å². The molecule has 28 heavy (non-hydrogen) atoms. The van der Waals surface area contributed by atoms with Gasteiger partial charge in [-0.05, 0) is 79.5 Å². The average molecular weight is 377 g/mol. The number of hydrogen-bond acceptors (Lipinski definition) is 4. The number of allylic oxidation sites excluding steroid dienone is 2. The molecule has 0 N–H and O–H groups in total. The molecule has 1 saturated heterocycles. The molecule has 1 aliphatic heterocycles. The highest BCUT2D eigenvalue weighted by Gasteiger charge is 2.71. The van der Waals surface area contributed by atoms with Gasteiger partial charge >= 0.3 is 5.97 Å². The molecule has 1 aromatic rings. The molecular formula is C23H23NO4. The first-order valence-electron chi connectivity index (χ1n) is 10.4. The molecule has 0 radical (unpaired) electrons. The molecule has 5 aliphatic rings. The fraction of sp³-hybridized carbons (Fsp3) is 0.522. The Morgan fingerprint density at radius 3 is 2.07 bits per heavy atom. The monoisotopic (exact) mass is 377 g/mol. The highest BCUT2D eigenvalue weighted by Crippen LogP contribution is 2.70. The Kier molecular flexibility index (Phi) is 3.28. The van der Waals surface area contributed by atoms with Crippen LogP contribution in [0.15, 0.2) is 36.4 Å². The third kappa shape index (κ3) is 1.90. The van der Waals surface area contributed by atoms with Gasteiger partial charge in [-0.15, -0.1) is 0 Å². The van der Waals surface area contributed by atoms with Crippen LogP contribution in [0, 0.1) is 47.3 Å². The summed E-state index contributed by atoms with van der Waals surface area (Å²) in [4.78, 5) is 39.9. The van der Waals surface area contributed by atoms with Crippen molar-refractivity contribution in [3.05, 3.63) is 42.0 Å².